The first-order chi connectivity index (χ1) is 4.79. The third kappa shape index (κ3) is 2.36. The van der Waals surface area contributed by atoms with Gasteiger partial charge < -0.3 is 5.73 Å². The molecule has 0 unspecified atom stereocenters. The summed E-state index contributed by atoms with van der Waals surface area (Å²) in [6, 6.07) is 0.300. The van der Waals surface area contributed by atoms with Gasteiger partial charge in [0.15, 0.2) is 0 Å². The largest absolute Gasteiger partial charge is 0.328 e. The van der Waals surface area contributed by atoms with Gasteiger partial charge in [-0.25, -0.2) is 0 Å². The minimum Gasteiger partial charge on any atom is -0.328 e. The molecule has 56 valence electrons. The summed E-state index contributed by atoms with van der Waals surface area (Å²) >= 11 is 0. The smallest absolute Gasteiger partial charge is 0.00507 e. The normalized spacial score (nSPS) is 20.4. The topological polar surface area (TPSA) is 26.0 Å². The van der Waals surface area contributed by atoms with Crippen molar-refractivity contribution in [2.24, 2.45) is 5.73 Å². The average Bonchev–Trinajstić information content (AvgIpc) is 1.88. The summed E-state index contributed by atoms with van der Waals surface area (Å²) in [5.41, 5.74) is 7.05. The van der Waals surface area contributed by atoms with Crippen molar-refractivity contribution in [3.8, 4) is 0 Å². The van der Waals surface area contributed by atoms with E-state index in [1.165, 1.54) is 18.4 Å². The van der Waals surface area contributed by atoms with Crippen molar-refractivity contribution in [3.05, 3.63) is 23.8 Å². The molecule has 1 atom stereocenters. The van der Waals surface area contributed by atoms with Crippen LogP contribution in [0.1, 0.15) is 26.2 Å². The number of hydrogen-bond acceptors (Lipinski definition) is 1. The van der Waals surface area contributed by atoms with E-state index in [1.54, 1.807) is 0 Å². The van der Waals surface area contributed by atoms with Gasteiger partial charge in [0.1, 0.15) is 0 Å². The zero-order chi connectivity index (χ0) is 7.40. The molecule has 1 aliphatic carbocycles. The van der Waals surface area contributed by atoms with Gasteiger partial charge in [0.2, 0.25) is 0 Å². The molecule has 1 aliphatic rings. The van der Waals surface area contributed by atoms with Crippen LogP contribution in [0.5, 0.6) is 0 Å². The summed E-state index contributed by atoms with van der Waals surface area (Å²) < 4.78 is 0. The monoisotopic (exact) mass is 137 g/mol. The van der Waals surface area contributed by atoms with E-state index in [0.29, 0.717) is 6.04 Å². The van der Waals surface area contributed by atoms with Gasteiger partial charge in [-0.3, -0.25) is 0 Å². The van der Waals surface area contributed by atoms with E-state index in [0.717, 1.165) is 6.42 Å². The highest BCUT2D eigenvalue weighted by atomic mass is 14.6. The summed E-state index contributed by atoms with van der Waals surface area (Å²) in [4.78, 5) is 0. The lowest BCUT2D eigenvalue weighted by molar-refractivity contribution is 0.734. The van der Waals surface area contributed by atoms with Crippen LogP contribution in [0, 0.1) is 0 Å². The van der Waals surface area contributed by atoms with Gasteiger partial charge in [-0.2, -0.15) is 0 Å². The molecule has 0 bridgehead atoms. The Hall–Kier alpha value is -0.560. The van der Waals surface area contributed by atoms with Crippen molar-refractivity contribution in [2.75, 3.05) is 0 Å². The van der Waals surface area contributed by atoms with E-state index in [-0.39, 0.29) is 0 Å². The standard InChI is InChI=1S/C9H15N/c1-8(10)7-9-5-3-2-4-6-9/h3,5-6,8H,2,4,7,10H2,1H3/t8-/m1/s1. The third-order valence-corrected chi connectivity index (χ3v) is 1.63. The molecule has 0 aliphatic heterocycles. The molecule has 0 saturated heterocycles. The maximum absolute atomic E-state index is 5.65. The van der Waals surface area contributed by atoms with Gasteiger partial charge in [0, 0.05) is 6.04 Å². The fraction of sp³-hybridized carbons (Fsp3) is 0.556. The highest BCUT2D eigenvalue weighted by molar-refractivity contribution is 5.22. The first-order valence-corrected chi connectivity index (χ1v) is 3.90. The Bertz CT molecular complexity index is 154. The second-order valence-electron chi connectivity index (χ2n) is 2.94. The molecule has 0 aromatic heterocycles. The number of allylic oxidation sites excluding steroid dienone is 3. The van der Waals surface area contributed by atoms with Crippen molar-refractivity contribution in [3.63, 3.8) is 0 Å². The van der Waals surface area contributed by atoms with E-state index in [9.17, 15) is 0 Å². The van der Waals surface area contributed by atoms with Crippen molar-refractivity contribution in [1.29, 1.82) is 0 Å². The number of rotatable bonds is 2. The molecule has 0 spiro atoms. The van der Waals surface area contributed by atoms with Crippen LogP contribution in [0.2, 0.25) is 0 Å². The van der Waals surface area contributed by atoms with Gasteiger partial charge in [-0.05, 0) is 26.2 Å². The molecule has 0 heterocycles. The zero-order valence-corrected chi connectivity index (χ0v) is 6.51. The van der Waals surface area contributed by atoms with Crippen LogP contribution in [-0.4, -0.2) is 6.04 Å². The fourth-order valence-corrected chi connectivity index (χ4v) is 1.19. The Morgan fingerprint density at radius 1 is 1.60 bits per heavy atom. The van der Waals surface area contributed by atoms with Crippen LogP contribution >= 0.6 is 0 Å². The molecule has 10 heavy (non-hydrogen) atoms. The molecule has 0 saturated carbocycles. The predicted octanol–water partition coefficient (Wildman–Crippen LogP) is 2.00. The Balaban J connectivity index is 2.40. The van der Waals surface area contributed by atoms with E-state index >= 15 is 0 Å². The van der Waals surface area contributed by atoms with Crippen LogP contribution in [0.4, 0.5) is 0 Å². The Kier molecular flexibility index (Phi) is 2.69. The Morgan fingerprint density at radius 2 is 2.40 bits per heavy atom. The summed E-state index contributed by atoms with van der Waals surface area (Å²) in [5.74, 6) is 0. The molecule has 0 aromatic carbocycles. The fourth-order valence-electron chi connectivity index (χ4n) is 1.19. The number of nitrogens with two attached hydrogens (primary N) is 1. The minimum atomic E-state index is 0.300. The van der Waals surface area contributed by atoms with Crippen molar-refractivity contribution < 1.29 is 0 Å². The summed E-state index contributed by atoms with van der Waals surface area (Å²) in [6.07, 6.45) is 10.1. The molecule has 1 rings (SSSR count). The predicted molar refractivity (Wildman–Crippen MR) is 44.7 cm³/mol. The minimum absolute atomic E-state index is 0.300. The lowest BCUT2D eigenvalue weighted by atomic mass is 10.0. The Labute approximate surface area is 62.6 Å². The number of hydrogen-bond donors (Lipinski definition) is 1. The average molecular weight is 137 g/mol. The molecule has 0 radical (unpaired) electrons. The molecule has 2 N–H and O–H groups in total. The zero-order valence-electron chi connectivity index (χ0n) is 6.51. The first kappa shape index (κ1) is 7.55. The van der Waals surface area contributed by atoms with E-state index in [1.807, 2.05) is 6.92 Å². The second-order valence-corrected chi connectivity index (χ2v) is 2.94. The van der Waals surface area contributed by atoms with Gasteiger partial charge in [-0.15, -0.1) is 0 Å². The molecule has 1 nitrogen and oxygen atoms in total. The first-order valence-electron chi connectivity index (χ1n) is 3.90. The highest BCUT2D eigenvalue weighted by Gasteiger charge is 1.99. The van der Waals surface area contributed by atoms with E-state index in [4.69, 9.17) is 5.73 Å². The molecular weight excluding hydrogens is 122 g/mol. The van der Waals surface area contributed by atoms with E-state index in [2.05, 4.69) is 18.2 Å². The highest BCUT2D eigenvalue weighted by Crippen LogP contribution is 2.13. The van der Waals surface area contributed by atoms with Crippen molar-refractivity contribution in [2.45, 2.75) is 32.2 Å². The second kappa shape index (κ2) is 3.57. The maximum atomic E-state index is 5.65. The lowest BCUT2D eigenvalue weighted by Crippen LogP contribution is -2.15. The SMILES string of the molecule is C[C@@H](N)CC1=CCCC=C1. The third-order valence-electron chi connectivity index (χ3n) is 1.63. The van der Waals surface area contributed by atoms with E-state index < -0.39 is 0 Å². The summed E-state index contributed by atoms with van der Waals surface area (Å²) in [5, 5.41) is 0. The quantitative estimate of drug-likeness (QED) is 0.619. The van der Waals surface area contributed by atoms with Gasteiger partial charge in [-0.1, -0.05) is 23.8 Å². The van der Waals surface area contributed by atoms with Gasteiger partial charge >= 0.3 is 0 Å². The molecule has 0 aromatic rings. The lowest BCUT2D eigenvalue weighted by Gasteiger charge is -2.08. The van der Waals surface area contributed by atoms with Gasteiger partial charge in [0.05, 0.1) is 0 Å². The molecular formula is C9H15N. The van der Waals surface area contributed by atoms with Crippen molar-refractivity contribution >= 4 is 0 Å². The molecule has 1 heteroatoms. The van der Waals surface area contributed by atoms with Crippen LogP contribution in [0.15, 0.2) is 23.8 Å². The van der Waals surface area contributed by atoms with Crippen LogP contribution in [-0.2, 0) is 0 Å². The van der Waals surface area contributed by atoms with Crippen LogP contribution < -0.4 is 5.73 Å². The maximum Gasteiger partial charge on any atom is 0.00507 e. The van der Waals surface area contributed by atoms with Crippen LogP contribution in [0.3, 0.4) is 0 Å². The summed E-state index contributed by atoms with van der Waals surface area (Å²) in [6.45, 7) is 2.04. The Morgan fingerprint density at radius 3 is 2.90 bits per heavy atom. The van der Waals surface area contributed by atoms with Crippen molar-refractivity contribution in [1.82, 2.24) is 0 Å². The van der Waals surface area contributed by atoms with Gasteiger partial charge in [0.25, 0.3) is 0 Å². The summed E-state index contributed by atoms with van der Waals surface area (Å²) in [7, 11) is 0. The molecule has 0 amide bonds. The molecule has 0 fully saturated rings. The van der Waals surface area contributed by atoms with Crippen LogP contribution in [0.25, 0.3) is 0 Å².